The van der Waals surface area contributed by atoms with Gasteiger partial charge in [0.05, 0.1) is 30.7 Å². The molecule has 4 nitrogen and oxygen atoms in total. The standard InChI is InChI=1S/C17H15BrO4/c1-20-11-4-6-15-12(8-11)14(19)9-17(22-15)10-3-5-16(21-2)13(18)7-10/h3-8,17H,9H2,1-2H3/t17-/m0/s1. The van der Waals surface area contributed by atoms with Crippen molar-refractivity contribution in [3.63, 3.8) is 0 Å². The number of ether oxygens (including phenoxy) is 3. The summed E-state index contributed by atoms with van der Waals surface area (Å²) in [5.74, 6) is 2.04. The van der Waals surface area contributed by atoms with E-state index in [2.05, 4.69) is 15.9 Å². The third-order valence-electron chi connectivity index (χ3n) is 3.67. The van der Waals surface area contributed by atoms with E-state index in [0.29, 0.717) is 23.5 Å². The molecule has 1 aliphatic rings. The van der Waals surface area contributed by atoms with Crippen LogP contribution in [-0.4, -0.2) is 20.0 Å². The van der Waals surface area contributed by atoms with E-state index in [-0.39, 0.29) is 11.9 Å². The van der Waals surface area contributed by atoms with Gasteiger partial charge in [0.2, 0.25) is 0 Å². The first-order valence-corrected chi connectivity index (χ1v) is 7.63. The summed E-state index contributed by atoms with van der Waals surface area (Å²) in [4.78, 5) is 12.4. The van der Waals surface area contributed by atoms with E-state index in [1.807, 2.05) is 18.2 Å². The van der Waals surface area contributed by atoms with Crippen molar-refractivity contribution in [1.29, 1.82) is 0 Å². The van der Waals surface area contributed by atoms with Crippen LogP contribution in [0.25, 0.3) is 0 Å². The van der Waals surface area contributed by atoms with Gasteiger partial charge >= 0.3 is 0 Å². The van der Waals surface area contributed by atoms with Gasteiger partial charge in [-0.2, -0.15) is 0 Å². The van der Waals surface area contributed by atoms with Crippen LogP contribution in [0.2, 0.25) is 0 Å². The van der Waals surface area contributed by atoms with E-state index >= 15 is 0 Å². The summed E-state index contributed by atoms with van der Waals surface area (Å²) in [6, 6.07) is 11.0. The van der Waals surface area contributed by atoms with Gasteiger partial charge in [0, 0.05) is 0 Å². The van der Waals surface area contributed by atoms with Crippen LogP contribution in [0, 0.1) is 0 Å². The van der Waals surface area contributed by atoms with Crippen LogP contribution in [0.15, 0.2) is 40.9 Å². The van der Waals surface area contributed by atoms with Gasteiger partial charge in [-0.05, 0) is 51.8 Å². The van der Waals surface area contributed by atoms with Crippen LogP contribution in [-0.2, 0) is 0 Å². The van der Waals surface area contributed by atoms with Crippen molar-refractivity contribution in [2.45, 2.75) is 12.5 Å². The summed E-state index contributed by atoms with van der Waals surface area (Å²) in [5, 5.41) is 0. The predicted molar refractivity (Wildman–Crippen MR) is 86.0 cm³/mol. The molecule has 114 valence electrons. The summed E-state index contributed by atoms with van der Waals surface area (Å²) < 4.78 is 17.2. The molecule has 0 bridgehead atoms. The maximum absolute atomic E-state index is 12.4. The van der Waals surface area contributed by atoms with E-state index in [0.717, 1.165) is 15.8 Å². The monoisotopic (exact) mass is 362 g/mol. The van der Waals surface area contributed by atoms with Gasteiger partial charge < -0.3 is 14.2 Å². The molecule has 5 heteroatoms. The van der Waals surface area contributed by atoms with Crippen LogP contribution >= 0.6 is 15.9 Å². The molecule has 2 aromatic rings. The van der Waals surface area contributed by atoms with Gasteiger partial charge in [-0.25, -0.2) is 0 Å². The lowest BCUT2D eigenvalue weighted by atomic mass is 9.96. The molecule has 3 rings (SSSR count). The Morgan fingerprint density at radius 2 is 1.95 bits per heavy atom. The quantitative estimate of drug-likeness (QED) is 0.821. The van der Waals surface area contributed by atoms with Gasteiger partial charge in [0.1, 0.15) is 23.4 Å². The summed E-state index contributed by atoms with van der Waals surface area (Å²) in [7, 11) is 3.19. The summed E-state index contributed by atoms with van der Waals surface area (Å²) >= 11 is 3.46. The fraction of sp³-hybridized carbons (Fsp3) is 0.235. The Morgan fingerprint density at radius 3 is 2.64 bits per heavy atom. The van der Waals surface area contributed by atoms with Gasteiger partial charge in [0.25, 0.3) is 0 Å². The van der Waals surface area contributed by atoms with E-state index in [9.17, 15) is 4.79 Å². The van der Waals surface area contributed by atoms with Gasteiger partial charge in [0.15, 0.2) is 5.78 Å². The maximum atomic E-state index is 12.4. The van der Waals surface area contributed by atoms with Crippen molar-refractivity contribution in [3.8, 4) is 17.2 Å². The molecule has 0 amide bonds. The number of benzene rings is 2. The van der Waals surface area contributed by atoms with Crippen LogP contribution in [0.4, 0.5) is 0 Å². The Kier molecular flexibility index (Phi) is 4.07. The number of rotatable bonds is 3. The zero-order valence-electron chi connectivity index (χ0n) is 12.3. The topological polar surface area (TPSA) is 44.8 Å². The summed E-state index contributed by atoms with van der Waals surface area (Å²) in [6.45, 7) is 0. The van der Waals surface area contributed by atoms with Crippen molar-refractivity contribution in [2.75, 3.05) is 14.2 Å². The molecule has 1 atom stereocenters. The number of halogens is 1. The zero-order chi connectivity index (χ0) is 15.7. The number of ketones is 1. The van der Waals surface area contributed by atoms with Gasteiger partial charge in [-0.15, -0.1) is 0 Å². The number of fused-ring (bicyclic) bond motifs is 1. The smallest absolute Gasteiger partial charge is 0.170 e. The third-order valence-corrected chi connectivity index (χ3v) is 4.29. The van der Waals surface area contributed by atoms with Crippen LogP contribution in [0.1, 0.15) is 28.4 Å². The number of hydrogen-bond acceptors (Lipinski definition) is 4. The van der Waals surface area contributed by atoms with Crippen LogP contribution in [0.3, 0.4) is 0 Å². The molecule has 1 aliphatic heterocycles. The molecule has 22 heavy (non-hydrogen) atoms. The minimum absolute atomic E-state index is 0.0529. The minimum atomic E-state index is -0.296. The molecule has 0 aromatic heterocycles. The first kappa shape index (κ1) is 14.9. The lowest BCUT2D eigenvalue weighted by molar-refractivity contribution is 0.0849. The predicted octanol–water partition coefficient (Wildman–Crippen LogP) is 4.17. The second kappa shape index (κ2) is 6.01. The fourth-order valence-corrected chi connectivity index (χ4v) is 3.06. The molecule has 0 unspecified atom stereocenters. The van der Waals surface area contributed by atoms with E-state index in [1.54, 1.807) is 32.4 Å². The molecular formula is C17H15BrO4. The summed E-state index contributed by atoms with van der Waals surface area (Å²) in [6.07, 6.45) is 0.00876. The zero-order valence-corrected chi connectivity index (χ0v) is 13.8. The Morgan fingerprint density at radius 1 is 1.14 bits per heavy atom. The van der Waals surface area contributed by atoms with Gasteiger partial charge in [-0.3, -0.25) is 4.79 Å². The number of Topliss-reactive ketones (excluding diaryl/α,β-unsaturated/α-hetero) is 1. The highest BCUT2D eigenvalue weighted by molar-refractivity contribution is 9.10. The lowest BCUT2D eigenvalue weighted by Gasteiger charge is -2.26. The van der Waals surface area contributed by atoms with Crippen molar-refractivity contribution in [3.05, 3.63) is 52.0 Å². The molecule has 0 N–H and O–H groups in total. The number of methoxy groups -OCH3 is 2. The SMILES string of the molecule is COc1ccc2c(c1)C(=O)C[C@@H](c1ccc(OC)c(Br)c1)O2. The van der Waals surface area contributed by atoms with E-state index < -0.39 is 0 Å². The average molecular weight is 363 g/mol. The second-order valence-electron chi connectivity index (χ2n) is 4.99. The largest absolute Gasteiger partial charge is 0.497 e. The highest BCUT2D eigenvalue weighted by Gasteiger charge is 2.28. The highest BCUT2D eigenvalue weighted by atomic mass is 79.9. The van der Waals surface area contributed by atoms with Crippen LogP contribution in [0.5, 0.6) is 17.2 Å². The number of carbonyl (C=O) groups excluding carboxylic acids is 1. The highest BCUT2D eigenvalue weighted by Crippen LogP contribution is 2.38. The molecule has 0 saturated heterocycles. The minimum Gasteiger partial charge on any atom is -0.497 e. The van der Waals surface area contributed by atoms with E-state index in [4.69, 9.17) is 14.2 Å². The molecule has 0 saturated carbocycles. The number of carbonyl (C=O) groups is 1. The first-order chi connectivity index (χ1) is 10.6. The molecule has 0 aliphatic carbocycles. The molecule has 0 spiro atoms. The van der Waals surface area contributed by atoms with Crippen molar-refractivity contribution >= 4 is 21.7 Å². The Balaban J connectivity index is 1.92. The Hall–Kier alpha value is -2.01. The second-order valence-corrected chi connectivity index (χ2v) is 5.84. The number of hydrogen-bond donors (Lipinski definition) is 0. The molecule has 0 fully saturated rings. The normalized spacial score (nSPS) is 16.7. The lowest BCUT2D eigenvalue weighted by Crippen LogP contribution is -2.20. The Bertz CT molecular complexity index is 727. The third kappa shape index (κ3) is 2.68. The van der Waals surface area contributed by atoms with E-state index in [1.165, 1.54) is 0 Å². The molecular weight excluding hydrogens is 348 g/mol. The van der Waals surface area contributed by atoms with Gasteiger partial charge in [-0.1, -0.05) is 6.07 Å². The molecule has 0 radical (unpaired) electrons. The average Bonchev–Trinajstić information content (AvgIpc) is 2.54. The Labute approximate surface area is 137 Å². The summed E-state index contributed by atoms with van der Waals surface area (Å²) in [5.41, 5.74) is 1.51. The van der Waals surface area contributed by atoms with Crippen molar-refractivity contribution < 1.29 is 19.0 Å². The molecule has 1 heterocycles. The first-order valence-electron chi connectivity index (χ1n) is 6.83. The van der Waals surface area contributed by atoms with Crippen molar-refractivity contribution in [2.24, 2.45) is 0 Å². The maximum Gasteiger partial charge on any atom is 0.170 e. The fourth-order valence-electron chi connectivity index (χ4n) is 2.50. The van der Waals surface area contributed by atoms with Crippen LogP contribution < -0.4 is 14.2 Å². The molecule has 2 aromatic carbocycles. The van der Waals surface area contributed by atoms with Crippen molar-refractivity contribution in [1.82, 2.24) is 0 Å².